The first-order valence-corrected chi connectivity index (χ1v) is 7.57. The van der Waals surface area contributed by atoms with Gasteiger partial charge in [-0.3, -0.25) is 4.79 Å². The predicted octanol–water partition coefficient (Wildman–Crippen LogP) is 3.89. The first-order chi connectivity index (χ1) is 9.69. The molecule has 1 unspecified atom stereocenters. The second-order valence-corrected chi connectivity index (χ2v) is 5.23. The quantitative estimate of drug-likeness (QED) is 0.670. The van der Waals surface area contributed by atoms with E-state index < -0.39 is 0 Å². The molecule has 1 aromatic carbocycles. The van der Waals surface area contributed by atoms with Crippen molar-refractivity contribution in [3.63, 3.8) is 0 Å². The van der Waals surface area contributed by atoms with Gasteiger partial charge in [0.25, 0.3) is 0 Å². The van der Waals surface area contributed by atoms with Gasteiger partial charge in [0.05, 0.1) is 12.3 Å². The molecule has 1 amide bonds. The molecule has 4 heteroatoms. The number of nitrogens with one attached hydrogen (secondary N) is 1. The molecule has 2 rings (SSSR count). The summed E-state index contributed by atoms with van der Waals surface area (Å²) in [6.45, 7) is 1.97. The topological polar surface area (TPSA) is 42.2 Å². The highest BCUT2D eigenvalue weighted by atomic mass is 32.2. The second-order valence-electron chi connectivity index (χ2n) is 4.35. The van der Waals surface area contributed by atoms with Crippen LogP contribution in [0.15, 0.2) is 58.1 Å². The highest BCUT2D eigenvalue weighted by Crippen LogP contribution is 2.18. The maximum Gasteiger partial charge on any atom is 0.244 e. The number of furan rings is 1. The number of carbonyl (C=O) groups is 1. The van der Waals surface area contributed by atoms with Crippen LogP contribution in [0, 0.1) is 0 Å². The van der Waals surface area contributed by atoms with Crippen molar-refractivity contribution in [1.82, 2.24) is 5.32 Å². The summed E-state index contributed by atoms with van der Waals surface area (Å²) in [5.41, 5.74) is 1.09. The Balaban J connectivity index is 1.92. The van der Waals surface area contributed by atoms with Gasteiger partial charge in [-0.2, -0.15) is 0 Å². The first kappa shape index (κ1) is 14.5. The lowest BCUT2D eigenvalue weighted by Crippen LogP contribution is -2.24. The van der Waals surface area contributed by atoms with E-state index in [1.807, 2.05) is 25.3 Å². The minimum Gasteiger partial charge on any atom is -0.465 e. The molecule has 0 radical (unpaired) electrons. The highest BCUT2D eigenvalue weighted by Gasteiger charge is 2.07. The van der Waals surface area contributed by atoms with Crippen molar-refractivity contribution >= 4 is 23.7 Å². The third kappa shape index (κ3) is 4.03. The van der Waals surface area contributed by atoms with Crippen molar-refractivity contribution < 1.29 is 9.21 Å². The molecule has 0 aliphatic rings. The molecule has 1 aromatic heterocycles. The Bertz CT molecular complexity index is 573. The Morgan fingerprint density at radius 2 is 2.05 bits per heavy atom. The van der Waals surface area contributed by atoms with Crippen LogP contribution in [0.4, 0.5) is 0 Å². The van der Waals surface area contributed by atoms with Crippen LogP contribution in [0.3, 0.4) is 0 Å². The van der Waals surface area contributed by atoms with Crippen LogP contribution in [-0.2, 0) is 4.79 Å². The summed E-state index contributed by atoms with van der Waals surface area (Å²) < 4.78 is 5.13. The van der Waals surface area contributed by atoms with E-state index in [2.05, 4.69) is 17.4 Å². The molecule has 104 valence electrons. The summed E-state index contributed by atoms with van der Waals surface area (Å²) in [4.78, 5) is 13.0. The van der Waals surface area contributed by atoms with Gasteiger partial charge in [-0.25, -0.2) is 0 Å². The predicted molar refractivity (Wildman–Crippen MR) is 82.5 cm³/mol. The summed E-state index contributed by atoms with van der Waals surface area (Å²) >= 11 is 1.70. The highest BCUT2D eigenvalue weighted by molar-refractivity contribution is 7.98. The van der Waals surface area contributed by atoms with Gasteiger partial charge in [0, 0.05) is 11.0 Å². The molecule has 0 aliphatic carbocycles. The summed E-state index contributed by atoms with van der Waals surface area (Å²) in [5.74, 6) is 0.528. The SMILES string of the molecule is CSc1ccc(C(C)NC(=O)C=Cc2ccco2)cc1. The lowest BCUT2D eigenvalue weighted by molar-refractivity contribution is -0.117. The monoisotopic (exact) mass is 287 g/mol. The van der Waals surface area contributed by atoms with Crippen molar-refractivity contribution in [2.75, 3.05) is 6.26 Å². The lowest BCUT2D eigenvalue weighted by Gasteiger charge is -2.13. The van der Waals surface area contributed by atoms with E-state index in [4.69, 9.17) is 4.42 Å². The fraction of sp³-hybridized carbons (Fsp3) is 0.188. The van der Waals surface area contributed by atoms with E-state index in [0.717, 1.165) is 5.56 Å². The van der Waals surface area contributed by atoms with E-state index in [1.54, 1.807) is 36.2 Å². The van der Waals surface area contributed by atoms with E-state index in [9.17, 15) is 4.79 Å². The number of thioether (sulfide) groups is 1. The normalized spacial score (nSPS) is 12.5. The molecule has 0 aliphatic heterocycles. The Morgan fingerprint density at radius 3 is 2.65 bits per heavy atom. The maximum absolute atomic E-state index is 11.8. The van der Waals surface area contributed by atoms with Crippen LogP contribution >= 0.6 is 11.8 Å². The number of carbonyl (C=O) groups excluding carboxylic acids is 1. The average Bonchev–Trinajstić information content (AvgIpc) is 2.98. The lowest BCUT2D eigenvalue weighted by atomic mass is 10.1. The summed E-state index contributed by atoms with van der Waals surface area (Å²) in [6.07, 6.45) is 6.75. The van der Waals surface area contributed by atoms with Crippen molar-refractivity contribution in [2.45, 2.75) is 17.9 Å². The third-order valence-electron chi connectivity index (χ3n) is 2.92. The first-order valence-electron chi connectivity index (χ1n) is 6.35. The van der Waals surface area contributed by atoms with Crippen molar-refractivity contribution in [1.29, 1.82) is 0 Å². The van der Waals surface area contributed by atoms with Gasteiger partial charge in [0.15, 0.2) is 0 Å². The number of benzene rings is 1. The van der Waals surface area contributed by atoms with Crippen LogP contribution in [-0.4, -0.2) is 12.2 Å². The molecule has 2 aromatic rings. The Hall–Kier alpha value is -1.94. The van der Waals surface area contributed by atoms with Crippen LogP contribution in [0.5, 0.6) is 0 Å². The molecular weight excluding hydrogens is 270 g/mol. The van der Waals surface area contributed by atoms with Crippen molar-refractivity contribution in [3.8, 4) is 0 Å². The minimum atomic E-state index is -0.136. The van der Waals surface area contributed by atoms with Gasteiger partial charge in [0.2, 0.25) is 5.91 Å². The van der Waals surface area contributed by atoms with Crippen LogP contribution < -0.4 is 5.32 Å². The fourth-order valence-electron chi connectivity index (χ4n) is 1.78. The zero-order valence-corrected chi connectivity index (χ0v) is 12.3. The van der Waals surface area contributed by atoms with Crippen molar-refractivity contribution in [3.05, 3.63) is 60.1 Å². The average molecular weight is 287 g/mol. The molecule has 1 atom stereocenters. The summed E-state index contributed by atoms with van der Waals surface area (Å²) in [7, 11) is 0. The van der Waals surface area contributed by atoms with E-state index in [-0.39, 0.29) is 11.9 Å². The Kier molecular flexibility index (Phi) is 5.07. The van der Waals surface area contributed by atoms with Crippen LogP contribution in [0.1, 0.15) is 24.3 Å². The van der Waals surface area contributed by atoms with E-state index in [1.165, 1.54) is 11.0 Å². The molecule has 1 N–H and O–H groups in total. The molecular formula is C16H17NO2S. The number of hydrogen-bond donors (Lipinski definition) is 1. The second kappa shape index (κ2) is 7.01. The van der Waals surface area contributed by atoms with Gasteiger partial charge in [-0.15, -0.1) is 11.8 Å². The van der Waals surface area contributed by atoms with Gasteiger partial charge < -0.3 is 9.73 Å². The number of amides is 1. The minimum absolute atomic E-state index is 0.0281. The molecule has 0 saturated carbocycles. The zero-order chi connectivity index (χ0) is 14.4. The fourth-order valence-corrected chi connectivity index (χ4v) is 2.19. The number of rotatable bonds is 5. The van der Waals surface area contributed by atoms with E-state index >= 15 is 0 Å². The summed E-state index contributed by atoms with van der Waals surface area (Å²) in [5, 5.41) is 2.92. The number of hydrogen-bond acceptors (Lipinski definition) is 3. The van der Waals surface area contributed by atoms with Crippen molar-refractivity contribution in [2.24, 2.45) is 0 Å². The summed E-state index contributed by atoms with van der Waals surface area (Å²) in [6, 6.07) is 11.7. The molecule has 3 nitrogen and oxygen atoms in total. The molecule has 0 spiro atoms. The standard InChI is InChI=1S/C16H17NO2S/c1-12(13-5-8-15(20-2)9-6-13)17-16(18)10-7-14-4-3-11-19-14/h3-12H,1-2H3,(H,17,18). The van der Waals surface area contributed by atoms with Gasteiger partial charge in [-0.1, -0.05) is 12.1 Å². The molecule has 0 fully saturated rings. The molecule has 20 heavy (non-hydrogen) atoms. The Morgan fingerprint density at radius 1 is 1.30 bits per heavy atom. The maximum atomic E-state index is 11.8. The zero-order valence-electron chi connectivity index (χ0n) is 11.5. The molecule has 0 saturated heterocycles. The van der Waals surface area contributed by atoms with Gasteiger partial charge in [0.1, 0.15) is 5.76 Å². The molecule has 0 bridgehead atoms. The van der Waals surface area contributed by atoms with Gasteiger partial charge in [-0.05, 0) is 49.1 Å². The third-order valence-corrected chi connectivity index (χ3v) is 3.66. The van der Waals surface area contributed by atoms with E-state index in [0.29, 0.717) is 5.76 Å². The van der Waals surface area contributed by atoms with Crippen LogP contribution in [0.25, 0.3) is 6.08 Å². The van der Waals surface area contributed by atoms with Gasteiger partial charge >= 0.3 is 0 Å². The largest absolute Gasteiger partial charge is 0.465 e. The molecule has 1 heterocycles. The smallest absolute Gasteiger partial charge is 0.244 e. The Labute approximate surface area is 123 Å². The van der Waals surface area contributed by atoms with Crippen LogP contribution in [0.2, 0.25) is 0 Å².